The Morgan fingerprint density at radius 3 is 2.31 bits per heavy atom. The summed E-state index contributed by atoms with van der Waals surface area (Å²) < 4.78 is 0. The fourth-order valence-corrected chi connectivity index (χ4v) is 7.80. The fourth-order valence-electron chi connectivity index (χ4n) is 7.80. The highest BCUT2D eigenvalue weighted by molar-refractivity contribution is 5.25. The molecule has 7 atom stereocenters. The van der Waals surface area contributed by atoms with Crippen LogP contribution in [0.3, 0.4) is 0 Å². The predicted octanol–water partition coefficient (Wildman–Crippen LogP) is 6.75. The smallest absolute Gasteiger partial charge is 0.0664 e. The van der Waals surface area contributed by atoms with Crippen LogP contribution < -0.4 is 0 Å². The number of allylic oxidation sites excluding steroid dienone is 1. The minimum absolute atomic E-state index is 0.118. The summed E-state index contributed by atoms with van der Waals surface area (Å²) in [5, 5.41) is 11.8. The van der Waals surface area contributed by atoms with Gasteiger partial charge in [-0.1, -0.05) is 45.8 Å². The van der Waals surface area contributed by atoms with Crippen molar-refractivity contribution in [2.45, 2.75) is 105 Å². The number of rotatable bonds is 0. The van der Waals surface area contributed by atoms with Crippen LogP contribution in [-0.4, -0.2) is 11.2 Å². The quantitative estimate of drug-likeness (QED) is 0.475. The Balaban J connectivity index is 1.75. The normalized spacial score (nSPS) is 53.9. The summed E-state index contributed by atoms with van der Waals surface area (Å²) in [6, 6.07) is 0. The van der Waals surface area contributed by atoms with Crippen LogP contribution >= 0.6 is 0 Å². The van der Waals surface area contributed by atoms with Crippen molar-refractivity contribution in [2.24, 2.45) is 39.9 Å². The lowest BCUT2D eigenvalue weighted by atomic mass is 9.44. The highest BCUT2D eigenvalue weighted by atomic mass is 16.3. The van der Waals surface area contributed by atoms with E-state index in [4.69, 9.17) is 0 Å². The molecule has 26 heavy (non-hydrogen) atoms. The van der Waals surface area contributed by atoms with Crippen molar-refractivity contribution in [3.63, 3.8) is 0 Å². The molecule has 0 spiro atoms. The first-order chi connectivity index (χ1) is 12.1. The third-order valence-corrected chi connectivity index (χ3v) is 9.89. The zero-order chi connectivity index (χ0) is 18.9. The first kappa shape index (κ1) is 19.0. The molecular weight excluding hydrogens is 316 g/mol. The maximum Gasteiger partial charge on any atom is 0.0664 e. The van der Waals surface area contributed by atoms with Crippen molar-refractivity contribution in [1.82, 2.24) is 0 Å². The Kier molecular flexibility index (Phi) is 4.46. The van der Waals surface area contributed by atoms with Gasteiger partial charge in [0.2, 0.25) is 0 Å². The number of aliphatic hydroxyl groups excluding tert-OH is 1. The van der Waals surface area contributed by atoms with Crippen LogP contribution in [0.25, 0.3) is 0 Å². The Labute approximate surface area is 162 Å². The van der Waals surface area contributed by atoms with Crippen molar-refractivity contribution < 1.29 is 5.11 Å². The van der Waals surface area contributed by atoms with E-state index < -0.39 is 0 Å². The summed E-state index contributed by atoms with van der Waals surface area (Å²) in [7, 11) is 0. The lowest BCUT2D eigenvalue weighted by Crippen LogP contribution is -2.56. The molecule has 0 aliphatic heterocycles. The van der Waals surface area contributed by atoms with E-state index in [2.05, 4.69) is 41.5 Å². The van der Waals surface area contributed by atoms with Gasteiger partial charge in [0, 0.05) is 5.92 Å². The summed E-state index contributed by atoms with van der Waals surface area (Å²) in [5.41, 5.74) is 4.38. The summed E-state index contributed by atoms with van der Waals surface area (Å²) in [5.74, 6) is 2.58. The maximum absolute atomic E-state index is 11.8. The Morgan fingerprint density at radius 1 is 0.885 bits per heavy atom. The second-order valence-electron chi connectivity index (χ2n) is 12.1. The van der Waals surface area contributed by atoms with E-state index in [-0.39, 0.29) is 11.5 Å². The number of fused-ring (bicyclic) bond motifs is 4. The monoisotopic (exact) mass is 358 g/mol. The van der Waals surface area contributed by atoms with Crippen molar-refractivity contribution in [2.75, 3.05) is 0 Å². The molecule has 1 heteroatoms. The van der Waals surface area contributed by atoms with Crippen LogP contribution in [0.5, 0.6) is 0 Å². The van der Waals surface area contributed by atoms with Crippen molar-refractivity contribution in [3.8, 4) is 0 Å². The van der Waals surface area contributed by atoms with Gasteiger partial charge < -0.3 is 5.11 Å². The van der Waals surface area contributed by atoms with E-state index in [0.29, 0.717) is 28.6 Å². The Hall–Kier alpha value is -0.300. The summed E-state index contributed by atoms with van der Waals surface area (Å²) >= 11 is 0. The molecule has 4 rings (SSSR count). The summed E-state index contributed by atoms with van der Waals surface area (Å²) in [6.45, 7) is 14.8. The number of aliphatic hydroxyl groups is 1. The summed E-state index contributed by atoms with van der Waals surface area (Å²) in [6.07, 6.45) is 11.7. The van der Waals surface area contributed by atoms with E-state index in [1.54, 1.807) is 11.1 Å². The fraction of sp³-hybridized carbons (Fsp3) is 0.920. The van der Waals surface area contributed by atoms with Gasteiger partial charge in [-0.15, -0.1) is 0 Å². The molecule has 1 N–H and O–H groups in total. The minimum atomic E-state index is -0.134. The van der Waals surface area contributed by atoms with Gasteiger partial charge in [-0.05, 0) is 98.7 Å². The van der Waals surface area contributed by atoms with Crippen LogP contribution in [0.1, 0.15) is 99.3 Å². The zero-order valence-corrected chi connectivity index (χ0v) is 18.2. The average Bonchev–Trinajstić information content (AvgIpc) is 2.95. The van der Waals surface area contributed by atoms with Crippen LogP contribution in [0.15, 0.2) is 11.1 Å². The molecule has 4 aliphatic rings. The molecule has 0 radical (unpaired) electrons. The highest BCUT2D eigenvalue weighted by Crippen LogP contribution is 2.65. The van der Waals surface area contributed by atoms with Crippen molar-refractivity contribution >= 4 is 0 Å². The Morgan fingerprint density at radius 2 is 1.58 bits per heavy atom. The first-order valence-electron chi connectivity index (χ1n) is 11.4. The van der Waals surface area contributed by atoms with Crippen LogP contribution in [-0.2, 0) is 0 Å². The van der Waals surface area contributed by atoms with Gasteiger partial charge in [0.05, 0.1) is 6.10 Å². The van der Waals surface area contributed by atoms with Crippen LogP contribution in [0, 0.1) is 39.9 Å². The first-order valence-corrected chi connectivity index (χ1v) is 11.4. The predicted molar refractivity (Wildman–Crippen MR) is 110 cm³/mol. The lowest BCUT2D eigenvalue weighted by molar-refractivity contribution is -0.150. The maximum atomic E-state index is 11.8. The molecule has 0 aromatic carbocycles. The SMILES string of the molecule is C/C1=C2\CC[C@H](C)[C@@H]2[C@@H](O)[C@@]2(C)CC[C@]3(C)CCC(C)(C)C[C@H]3[C@@H]2CC1. The van der Waals surface area contributed by atoms with E-state index in [1.807, 2.05) is 0 Å². The molecular formula is C25H42O. The molecule has 4 aliphatic carbocycles. The van der Waals surface area contributed by atoms with Crippen molar-refractivity contribution in [3.05, 3.63) is 11.1 Å². The second-order valence-corrected chi connectivity index (χ2v) is 12.1. The molecule has 1 nitrogen and oxygen atoms in total. The van der Waals surface area contributed by atoms with Gasteiger partial charge in [0.1, 0.15) is 0 Å². The van der Waals surface area contributed by atoms with Gasteiger partial charge in [-0.3, -0.25) is 0 Å². The van der Waals surface area contributed by atoms with Gasteiger partial charge in [0.15, 0.2) is 0 Å². The minimum Gasteiger partial charge on any atom is -0.392 e. The second kappa shape index (κ2) is 6.10. The molecule has 3 fully saturated rings. The molecule has 0 unspecified atom stereocenters. The number of hydrogen-bond acceptors (Lipinski definition) is 1. The third kappa shape index (κ3) is 2.75. The topological polar surface area (TPSA) is 20.2 Å². The van der Waals surface area contributed by atoms with Gasteiger partial charge in [-0.25, -0.2) is 0 Å². The summed E-state index contributed by atoms with van der Waals surface area (Å²) in [4.78, 5) is 0. The van der Waals surface area contributed by atoms with Gasteiger partial charge in [-0.2, -0.15) is 0 Å². The number of hydrogen-bond donors (Lipinski definition) is 1. The van der Waals surface area contributed by atoms with Gasteiger partial charge >= 0.3 is 0 Å². The zero-order valence-electron chi connectivity index (χ0n) is 18.2. The molecule has 3 saturated carbocycles. The molecule has 0 amide bonds. The molecule has 0 saturated heterocycles. The largest absolute Gasteiger partial charge is 0.392 e. The Bertz CT molecular complexity index is 601. The highest BCUT2D eigenvalue weighted by Gasteiger charge is 2.58. The molecule has 0 heterocycles. The van der Waals surface area contributed by atoms with E-state index >= 15 is 0 Å². The van der Waals surface area contributed by atoms with E-state index in [0.717, 1.165) is 5.92 Å². The third-order valence-electron chi connectivity index (χ3n) is 9.89. The van der Waals surface area contributed by atoms with Gasteiger partial charge in [0.25, 0.3) is 0 Å². The molecule has 0 aromatic heterocycles. The standard InChI is InChI=1S/C25H42O/c1-16-8-10-19-20-15-23(3,4)11-12-24(20,5)13-14-25(19,6)22(26)21-17(2)7-9-18(16)21/h17,19-22,26H,7-15H2,1-6H3/b18-16-/t17-,19-,20-,21-,22+,24-,25-/m0/s1. The lowest BCUT2D eigenvalue weighted by Gasteiger charge is -2.62. The van der Waals surface area contributed by atoms with Crippen molar-refractivity contribution in [1.29, 1.82) is 0 Å². The molecule has 0 aromatic rings. The average molecular weight is 359 g/mol. The van der Waals surface area contributed by atoms with E-state index in [9.17, 15) is 5.11 Å². The van der Waals surface area contributed by atoms with E-state index in [1.165, 1.54) is 57.8 Å². The van der Waals surface area contributed by atoms with Crippen LogP contribution in [0.2, 0.25) is 0 Å². The molecule has 0 bridgehead atoms. The molecule has 148 valence electrons. The van der Waals surface area contributed by atoms with Crippen LogP contribution in [0.4, 0.5) is 0 Å².